The predicted molar refractivity (Wildman–Crippen MR) is 93.7 cm³/mol. The number of aryl methyl sites for hydroxylation is 1. The number of hydrogen-bond acceptors (Lipinski definition) is 4. The highest BCUT2D eigenvalue weighted by Gasteiger charge is 2.22. The Balaban J connectivity index is 0.00000484. The van der Waals surface area contributed by atoms with Crippen LogP contribution in [0.3, 0.4) is 0 Å². The molecule has 1 rings (SSSR count). The number of rotatable bonds is 8. The topological polar surface area (TPSA) is 67.4 Å². The number of ether oxygens (including phenoxy) is 1. The molecule has 0 aliphatic rings. The number of methoxy groups -OCH3 is 1. The van der Waals surface area contributed by atoms with Crippen LogP contribution in [0.2, 0.25) is 0 Å². The second-order valence-electron chi connectivity index (χ2n) is 5.62. The van der Waals surface area contributed by atoms with E-state index in [-0.39, 0.29) is 42.7 Å². The van der Waals surface area contributed by atoms with E-state index in [0.29, 0.717) is 13.0 Å². The molecule has 0 bridgehead atoms. The van der Waals surface area contributed by atoms with Gasteiger partial charge >= 0.3 is 5.97 Å². The fraction of sp³-hybridized carbons (Fsp3) is 0.529. The molecular weight excluding hydrogens is 316 g/mol. The van der Waals surface area contributed by atoms with Crippen LogP contribution in [0.4, 0.5) is 0 Å². The highest BCUT2D eigenvalue weighted by molar-refractivity contribution is 5.85. The van der Waals surface area contributed by atoms with Crippen molar-refractivity contribution in [2.24, 2.45) is 11.8 Å². The van der Waals surface area contributed by atoms with Crippen molar-refractivity contribution in [1.82, 2.24) is 10.6 Å². The first-order valence-electron chi connectivity index (χ1n) is 7.53. The monoisotopic (exact) mass is 342 g/mol. The molecule has 0 fully saturated rings. The first-order chi connectivity index (χ1) is 10.5. The molecule has 0 spiro atoms. The van der Waals surface area contributed by atoms with Crippen LogP contribution >= 0.6 is 12.4 Å². The van der Waals surface area contributed by atoms with Gasteiger partial charge in [-0.1, -0.05) is 36.8 Å². The number of carbonyl (C=O) groups is 2. The Hall–Kier alpha value is -1.59. The molecule has 0 saturated heterocycles. The molecule has 2 atom stereocenters. The van der Waals surface area contributed by atoms with E-state index >= 15 is 0 Å². The van der Waals surface area contributed by atoms with Crippen molar-refractivity contribution in [2.45, 2.75) is 20.3 Å². The van der Waals surface area contributed by atoms with Crippen LogP contribution in [0.5, 0.6) is 0 Å². The largest absolute Gasteiger partial charge is 0.469 e. The zero-order chi connectivity index (χ0) is 16.5. The third-order valence-corrected chi connectivity index (χ3v) is 3.58. The van der Waals surface area contributed by atoms with Gasteiger partial charge in [-0.3, -0.25) is 9.59 Å². The molecule has 5 nitrogen and oxygen atoms in total. The van der Waals surface area contributed by atoms with Crippen LogP contribution < -0.4 is 10.6 Å². The lowest BCUT2D eigenvalue weighted by molar-refractivity contribution is -0.145. The molecule has 0 saturated carbocycles. The van der Waals surface area contributed by atoms with Crippen LogP contribution in [-0.2, 0) is 20.7 Å². The van der Waals surface area contributed by atoms with Gasteiger partial charge in [0, 0.05) is 19.0 Å². The average Bonchev–Trinajstić information content (AvgIpc) is 2.50. The van der Waals surface area contributed by atoms with Crippen LogP contribution in [-0.4, -0.2) is 39.1 Å². The van der Waals surface area contributed by atoms with E-state index in [0.717, 1.165) is 11.1 Å². The Morgan fingerprint density at radius 1 is 1.26 bits per heavy atom. The standard InChI is InChI=1S/C17H26N2O3.ClH/c1-12-6-5-7-14(8-12)9-15(17(21)22-4)11-19-16(20)13(2)10-18-3;/h5-8,13,15,18H,9-11H2,1-4H3,(H,19,20);1H. The first-order valence-corrected chi connectivity index (χ1v) is 7.53. The normalized spacial score (nSPS) is 12.7. The SMILES string of the molecule is CNCC(C)C(=O)NCC(Cc1cccc(C)c1)C(=O)OC.Cl. The van der Waals surface area contributed by atoms with Crippen molar-refractivity contribution < 1.29 is 14.3 Å². The van der Waals surface area contributed by atoms with Crippen LogP contribution in [0.1, 0.15) is 18.1 Å². The summed E-state index contributed by atoms with van der Waals surface area (Å²) >= 11 is 0. The Morgan fingerprint density at radius 3 is 2.52 bits per heavy atom. The highest BCUT2D eigenvalue weighted by atomic mass is 35.5. The second-order valence-corrected chi connectivity index (χ2v) is 5.62. The van der Waals surface area contributed by atoms with Crippen molar-refractivity contribution in [1.29, 1.82) is 0 Å². The fourth-order valence-electron chi connectivity index (χ4n) is 2.33. The molecule has 6 heteroatoms. The lowest BCUT2D eigenvalue weighted by atomic mass is 9.98. The van der Waals surface area contributed by atoms with Gasteiger partial charge < -0.3 is 15.4 Å². The Labute approximate surface area is 144 Å². The van der Waals surface area contributed by atoms with Gasteiger partial charge in [0.05, 0.1) is 13.0 Å². The third kappa shape index (κ3) is 7.48. The zero-order valence-corrected chi connectivity index (χ0v) is 15.0. The molecule has 1 aromatic rings. The van der Waals surface area contributed by atoms with Crippen molar-refractivity contribution in [2.75, 3.05) is 27.2 Å². The number of carbonyl (C=O) groups excluding carboxylic acids is 2. The molecule has 0 radical (unpaired) electrons. The summed E-state index contributed by atoms with van der Waals surface area (Å²) in [5.74, 6) is -0.879. The number of halogens is 1. The molecule has 0 aliphatic heterocycles. The molecule has 1 aromatic carbocycles. The maximum atomic E-state index is 12.0. The van der Waals surface area contributed by atoms with Crippen LogP contribution in [0.25, 0.3) is 0 Å². The molecule has 23 heavy (non-hydrogen) atoms. The summed E-state index contributed by atoms with van der Waals surface area (Å²) in [5.41, 5.74) is 2.21. The van der Waals surface area contributed by atoms with Gasteiger partial charge in [-0.25, -0.2) is 0 Å². The lowest BCUT2D eigenvalue weighted by Gasteiger charge is -2.18. The quantitative estimate of drug-likeness (QED) is 0.706. The van der Waals surface area contributed by atoms with E-state index in [2.05, 4.69) is 10.6 Å². The zero-order valence-electron chi connectivity index (χ0n) is 14.2. The summed E-state index contributed by atoms with van der Waals surface area (Å²) in [5, 5.41) is 5.80. The summed E-state index contributed by atoms with van der Waals surface area (Å²) in [6, 6.07) is 8.00. The second kappa shape index (κ2) is 11.0. The van der Waals surface area contributed by atoms with E-state index in [4.69, 9.17) is 4.74 Å². The summed E-state index contributed by atoms with van der Waals surface area (Å²) in [4.78, 5) is 23.9. The molecule has 0 aliphatic carbocycles. The van der Waals surface area contributed by atoms with Crippen molar-refractivity contribution in [3.05, 3.63) is 35.4 Å². The van der Waals surface area contributed by atoms with Crippen LogP contribution in [0, 0.1) is 18.8 Å². The minimum absolute atomic E-state index is 0. The average molecular weight is 343 g/mol. The lowest BCUT2D eigenvalue weighted by Crippen LogP contribution is -2.39. The number of benzene rings is 1. The van der Waals surface area contributed by atoms with E-state index in [1.54, 1.807) is 7.05 Å². The van der Waals surface area contributed by atoms with Gasteiger partial charge in [0.15, 0.2) is 0 Å². The molecule has 2 N–H and O–H groups in total. The van der Waals surface area contributed by atoms with Gasteiger partial charge in [-0.05, 0) is 26.0 Å². The van der Waals surface area contributed by atoms with Gasteiger partial charge in [-0.15, -0.1) is 12.4 Å². The smallest absolute Gasteiger partial charge is 0.310 e. The van der Waals surface area contributed by atoms with E-state index in [9.17, 15) is 9.59 Å². The van der Waals surface area contributed by atoms with Gasteiger partial charge in [0.1, 0.15) is 0 Å². The Kier molecular flexibility index (Phi) is 10.3. The summed E-state index contributed by atoms with van der Waals surface area (Å²) in [7, 11) is 3.18. The molecule has 2 unspecified atom stereocenters. The van der Waals surface area contributed by atoms with Crippen molar-refractivity contribution >= 4 is 24.3 Å². The molecule has 0 aromatic heterocycles. The van der Waals surface area contributed by atoms with E-state index in [1.807, 2.05) is 38.1 Å². The number of amides is 1. The third-order valence-electron chi connectivity index (χ3n) is 3.58. The summed E-state index contributed by atoms with van der Waals surface area (Å²) in [6.07, 6.45) is 0.551. The van der Waals surface area contributed by atoms with E-state index < -0.39 is 0 Å². The fourth-order valence-corrected chi connectivity index (χ4v) is 2.33. The maximum absolute atomic E-state index is 12.0. The number of esters is 1. The van der Waals surface area contributed by atoms with E-state index in [1.165, 1.54) is 7.11 Å². The van der Waals surface area contributed by atoms with Crippen molar-refractivity contribution in [3.63, 3.8) is 0 Å². The summed E-state index contributed by atoms with van der Waals surface area (Å²) < 4.78 is 4.85. The predicted octanol–water partition coefficient (Wildman–Crippen LogP) is 1.72. The van der Waals surface area contributed by atoms with Crippen molar-refractivity contribution in [3.8, 4) is 0 Å². The highest BCUT2D eigenvalue weighted by Crippen LogP contribution is 2.12. The minimum atomic E-state index is -0.377. The summed E-state index contributed by atoms with van der Waals surface area (Å²) in [6.45, 7) is 4.75. The van der Waals surface area contributed by atoms with Gasteiger partial charge in [0.25, 0.3) is 0 Å². The maximum Gasteiger partial charge on any atom is 0.310 e. The van der Waals surface area contributed by atoms with Gasteiger partial charge in [0.2, 0.25) is 5.91 Å². The number of nitrogens with one attached hydrogen (secondary N) is 2. The minimum Gasteiger partial charge on any atom is -0.469 e. The van der Waals surface area contributed by atoms with Gasteiger partial charge in [-0.2, -0.15) is 0 Å². The Bertz CT molecular complexity index is 508. The van der Waals surface area contributed by atoms with Crippen LogP contribution in [0.15, 0.2) is 24.3 Å². The molecular formula is C17H27ClN2O3. The molecule has 0 heterocycles. The first kappa shape index (κ1) is 21.4. The molecule has 1 amide bonds. The Morgan fingerprint density at radius 2 is 1.96 bits per heavy atom. The number of hydrogen-bond donors (Lipinski definition) is 2. The molecule has 130 valence electrons.